The third kappa shape index (κ3) is 12.3. The Bertz CT molecular complexity index is 867. The van der Waals surface area contributed by atoms with Gasteiger partial charge in [-0.25, -0.2) is 0 Å². The van der Waals surface area contributed by atoms with Gasteiger partial charge in [0.25, 0.3) is 0 Å². The highest BCUT2D eigenvalue weighted by Crippen LogP contribution is 2.54. The van der Waals surface area contributed by atoms with E-state index in [-0.39, 0.29) is 31.8 Å². The number of aliphatic carboxylic acids is 1. The first-order chi connectivity index (χ1) is 15.5. The molecule has 0 amide bonds. The quantitative estimate of drug-likeness (QED) is 0.306. The van der Waals surface area contributed by atoms with E-state index in [1.807, 2.05) is 30.3 Å². The van der Waals surface area contributed by atoms with E-state index in [4.69, 9.17) is 19.1 Å². The average Bonchev–Trinajstić information content (AvgIpc) is 2.67. The minimum atomic E-state index is -3.58. The van der Waals surface area contributed by atoms with Crippen molar-refractivity contribution in [2.24, 2.45) is 11.8 Å². The van der Waals surface area contributed by atoms with E-state index in [0.29, 0.717) is 0 Å². The molecule has 0 aromatic heterocycles. The summed E-state index contributed by atoms with van der Waals surface area (Å²) in [7, 11) is -3.58. The van der Waals surface area contributed by atoms with Gasteiger partial charge in [-0.2, -0.15) is 0 Å². The second kappa shape index (κ2) is 12.5. The first kappa shape index (κ1) is 29.9. The molecule has 1 rings (SSSR count). The van der Waals surface area contributed by atoms with E-state index >= 15 is 0 Å². The number of esters is 2. The van der Waals surface area contributed by atoms with Crippen LogP contribution in [0, 0.1) is 11.8 Å². The normalized spacial score (nSPS) is 15.6. The number of carboxylic acid groups (broad SMARTS) is 1. The Morgan fingerprint density at radius 2 is 1.53 bits per heavy atom. The fourth-order valence-electron chi connectivity index (χ4n) is 3.31. The molecule has 9 heteroatoms. The van der Waals surface area contributed by atoms with Crippen LogP contribution in [0.2, 0.25) is 0 Å². The van der Waals surface area contributed by atoms with Crippen molar-refractivity contribution in [3.8, 4) is 0 Å². The van der Waals surface area contributed by atoms with Gasteiger partial charge in [0.05, 0.1) is 17.4 Å². The predicted octanol–water partition coefficient (Wildman–Crippen LogP) is 5.28. The molecule has 1 aromatic rings. The monoisotopic (exact) mass is 498 g/mol. The lowest BCUT2D eigenvalue weighted by Crippen LogP contribution is -2.33. The summed E-state index contributed by atoms with van der Waals surface area (Å²) in [6, 6.07) is 9.20. The van der Waals surface area contributed by atoms with Crippen molar-refractivity contribution in [3.05, 3.63) is 35.9 Å². The van der Waals surface area contributed by atoms with Crippen molar-refractivity contribution in [1.82, 2.24) is 0 Å². The lowest BCUT2D eigenvalue weighted by Gasteiger charge is -2.32. The predicted molar refractivity (Wildman–Crippen MR) is 130 cm³/mol. The van der Waals surface area contributed by atoms with E-state index in [0.717, 1.165) is 5.56 Å². The van der Waals surface area contributed by atoms with Gasteiger partial charge in [-0.3, -0.25) is 18.9 Å². The molecule has 3 atom stereocenters. The first-order valence-electron chi connectivity index (χ1n) is 11.4. The number of hydrogen-bond acceptors (Lipinski definition) is 7. The minimum Gasteiger partial charge on any atom is -0.481 e. The Morgan fingerprint density at radius 1 is 0.941 bits per heavy atom. The Morgan fingerprint density at radius 3 is 2.03 bits per heavy atom. The third-order valence-corrected chi connectivity index (χ3v) is 7.55. The molecule has 0 saturated carbocycles. The zero-order chi connectivity index (χ0) is 26.2. The van der Waals surface area contributed by atoms with Gasteiger partial charge in [0.1, 0.15) is 12.2 Å². The summed E-state index contributed by atoms with van der Waals surface area (Å²) < 4.78 is 30.7. The van der Waals surface area contributed by atoms with Gasteiger partial charge in [0.2, 0.25) is 7.37 Å². The van der Waals surface area contributed by atoms with Crippen LogP contribution in [0.15, 0.2) is 30.3 Å². The molecule has 8 nitrogen and oxygen atoms in total. The van der Waals surface area contributed by atoms with Gasteiger partial charge < -0.3 is 19.1 Å². The highest BCUT2D eigenvalue weighted by atomic mass is 31.2. The average molecular weight is 499 g/mol. The number of benzene rings is 1. The van der Waals surface area contributed by atoms with E-state index in [9.17, 15) is 18.9 Å². The molecule has 0 radical (unpaired) electrons. The van der Waals surface area contributed by atoms with Crippen LogP contribution in [0.1, 0.15) is 66.9 Å². The second-order valence-electron chi connectivity index (χ2n) is 10.5. The molecule has 0 aliphatic carbocycles. The largest absolute Gasteiger partial charge is 0.481 e. The van der Waals surface area contributed by atoms with Gasteiger partial charge in [-0.1, -0.05) is 37.3 Å². The summed E-state index contributed by atoms with van der Waals surface area (Å²) in [5.41, 5.74) is -0.771. The first-order valence-corrected chi connectivity index (χ1v) is 13.4. The summed E-state index contributed by atoms with van der Waals surface area (Å²) in [5.74, 6) is -3.93. The van der Waals surface area contributed by atoms with Crippen LogP contribution in [0.3, 0.4) is 0 Å². The zero-order valence-electron chi connectivity index (χ0n) is 21.3. The fraction of sp³-hybridized carbons (Fsp3) is 0.640. The van der Waals surface area contributed by atoms with Gasteiger partial charge in [-0.15, -0.1) is 0 Å². The summed E-state index contributed by atoms with van der Waals surface area (Å²) in [4.78, 5) is 36.6. The van der Waals surface area contributed by atoms with Gasteiger partial charge in [-0.05, 0) is 53.5 Å². The maximum absolute atomic E-state index is 14.0. The number of carboxylic acids is 1. The molecule has 0 fully saturated rings. The molecular formula is C25H39O8P. The van der Waals surface area contributed by atoms with Crippen molar-refractivity contribution < 1.29 is 38.1 Å². The molecule has 0 aliphatic rings. The lowest BCUT2D eigenvalue weighted by atomic mass is 10.1. The standard InChI is InChI=1S/C25H39O8P/c1-18(22(28)31-15-19-11-9-8-10-12-19)16-34(30,33-25(5,6)7)17-20(13-14-21(26)27)23(29)32-24(2,3)4/h8-12,18,20H,13-17H2,1-7H3,(H,26,27). The number of rotatable bonds is 12. The van der Waals surface area contributed by atoms with Gasteiger partial charge in [0.15, 0.2) is 0 Å². The SMILES string of the molecule is CC(CP(=O)(CC(CCC(=O)O)C(=O)OC(C)(C)C)OC(C)(C)C)C(=O)OCc1ccccc1. The molecule has 0 spiro atoms. The Kier molecular flexibility index (Phi) is 11.0. The lowest BCUT2D eigenvalue weighted by molar-refractivity contribution is -0.159. The number of carbonyl (C=O) groups excluding carboxylic acids is 2. The minimum absolute atomic E-state index is 0.0470. The molecule has 1 aromatic carbocycles. The summed E-state index contributed by atoms with van der Waals surface area (Å²) >= 11 is 0. The van der Waals surface area contributed by atoms with Gasteiger partial charge in [0, 0.05) is 18.7 Å². The topological polar surface area (TPSA) is 116 Å². The van der Waals surface area contributed by atoms with Crippen LogP contribution in [-0.2, 0) is 39.6 Å². The number of ether oxygens (including phenoxy) is 2. The van der Waals surface area contributed by atoms with E-state index < -0.39 is 48.3 Å². The smallest absolute Gasteiger partial charge is 0.310 e. The summed E-state index contributed by atoms with van der Waals surface area (Å²) in [6.07, 6.45) is -0.685. The molecular weight excluding hydrogens is 459 g/mol. The second-order valence-corrected chi connectivity index (χ2v) is 13.1. The number of carbonyl (C=O) groups is 3. The maximum atomic E-state index is 14.0. The third-order valence-electron chi connectivity index (χ3n) is 4.56. The number of hydrogen-bond donors (Lipinski definition) is 1. The Balaban J connectivity index is 3.04. The van der Waals surface area contributed by atoms with Crippen molar-refractivity contribution in [2.45, 2.75) is 79.1 Å². The maximum Gasteiger partial charge on any atom is 0.310 e. The van der Waals surface area contributed by atoms with Crippen LogP contribution < -0.4 is 0 Å². The molecule has 3 unspecified atom stereocenters. The molecule has 0 bridgehead atoms. The highest BCUT2D eigenvalue weighted by Gasteiger charge is 2.39. The van der Waals surface area contributed by atoms with Crippen molar-refractivity contribution in [1.29, 1.82) is 0 Å². The molecule has 1 N–H and O–H groups in total. The zero-order valence-corrected chi connectivity index (χ0v) is 22.2. The van der Waals surface area contributed by atoms with E-state index in [2.05, 4.69) is 0 Å². The summed E-state index contributed by atoms with van der Waals surface area (Å²) in [6.45, 7) is 12.0. The van der Waals surface area contributed by atoms with E-state index in [1.165, 1.54) is 0 Å². The highest BCUT2D eigenvalue weighted by molar-refractivity contribution is 7.59. The van der Waals surface area contributed by atoms with Crippen LogP contribution in [0.5, 0.6) is 0 Å². The van der Waals surface area contributed by atoms with Crippen LogP contribution in [-0.4, -0.2) is 46.5 Å². The summed E-state index contributed by atoms with van der Waals surface area (Å²) in [5, 5.41) is 9.12. The van der Waals surface area contributed by atoms with E-state index in [1.54, 1.807) is 48.5 Å². The van der Waals surface area contributed by atoms with Crippen molar-refractivity contribution >= 4 is 25.3 Å². The molecule has 0 aliphatic heterocycles. The Labute approximate surface area is 202 Å². The van der Waals surface area contributed by atoms with Crippen molar-refractivity contribution in [2.75, 3.05) is 12.3 Å². The molecule has 34 heavy (non-hydrogen) atoms. The van der Waals surface area contributed by atoms with Crippen LogP contribution in [0.4, 0.5) is 0 Å². The van der Waals surface area contributed by atoms with Crippen LogP contribution in [0.25, 0.3) is 0 Å². The molecule has 192 valence electrons. The fourth-order valence-corrected chi connectivity index (χ4v) is 6.60. The van der Waals surface area contributed by atoms with Crippen molar-refractivity contribution in [3.63, 3.8) is 0 Å². The van der Waals surface area contributed by atoms with Gasteiger partial charge >= 0.3 is 17.9 Å². The van der Waals surface area contributed by atoms with Crippen LogP contribution >= 0.6 is 7.37 Å². The molecule has 0 saturated heterocycles. The Hall–Kier alpha value is -2.18. The molecule has 0 heterocycles.